The largest absolute Gasteiger partial charge is 0.497 e. The molecule has 1 fully saturated rings. The van der Waals surface area contributed by atoms with Gasteiger partial charge in [0.25, 0.3) is 0 Å². The molecule has 1 saturated heterocycles. The van der Waals surface area contributed by atoms with Gasteiger partial charge in [0.15, 0.2) is 3.95 Å². The first kappa shape index (κ1) is 19.1. The summed E-state index contributed by atoms with van der Waals surface area (Å²) in [5.74, 6) is 1.67. The zero-order chi connectivity index (χ0) is 18.7. The number of hydrogen-bond acceptors (Lipinski definition) is 7. The van der Waals surface area contributed by atoms with Gasteiger partial charge in [-0.05, 0) is 45.0 Å². The van der Waals surface area contributed by atoms with Crippen LogP contribution in [0.2, 0.25) is 0 Å². The van der Waals surface area contributed by atoms with E-state index < -0.39 is 0 Å². The molecule has 26 heavy (non-hydrogen) atoms. The number of nitrogens with one attached hydrogen (secondary N) is 1. The van der Waals surface area contributed by atoms with Crippen molar-refractivity contribution in [2.75, 3.05) is 26.1 Å². The van der Waals surface area contributed by atoms with Crippen LogP contribution in [-0.2, 0) is 6.67 Å². The maximum Gasteiger partial charge on any atom is 0.204 e. The summed E-state index contributed by atoms with van der Waals surface area (Å²) in [4.78, 5) is 2.42. The molecule has 0 amide bonds. The van der Waals surface area contributed by atoms with Crippen LogP contribution in [0.1, 0.15) is 38.3 Å². The van der Waals surface area contributed by atoms with Gasteiger partial charge in [0.1, 0.15) is 11.5 Å². The summed E-state index contributed by atoms with van der Waals surface area (Å²) < 4.78 is 13.6. The molecule has 1 aromatic heterocycles. The lowest BCUT2D eigenvalue weighted by atomic mass is 10.0. The van der Waals surface area contributed by atoms with Crippen molar-refractivity contribution in [3.8, 4) is 11.5 Å². The molecule has 6 nitrogen and oxygen atoms in total. The standard InChI is InChI=1S/C18H26N4O2S2/c1-12(2)19-17-20-22(18(25)26-17)11-21-9-5-6-15(21)14-8-7-13(23-3)10-16(14)24-4/h7-8,10,12,15H,5-6,9,11H2,1-4H3,(H,19,20)/t15-/m1/s1. The van der Waals surface area contributed by atoms with Gasteiger partial charge in [-0.3, -0.25) is 4.90 Å². The molecule has 0 unspecified atom stereocenters. The van der Waals surface area contributed by atoms with E-state index in [9.17, 15) is 0 Å². The number of benzene rings is 1. The summed E-state index contributed by atoms with van der Waals surface area (Å²) in [5, 5.41) is 8.85. The number of likely N-dealkylation sites (tertiary alicyclic amines) is 1. The lowest BCUT2D eigenvalue weighted by Crippen LogP contribution is -2.27. The first-order valence-corrected chi connectivity index (χ1v) is 10.0. The molecular formula is C18H26N4O2S2. The Labute approximate surface area is 163 Å². The van der Waals surface area contributed by atoms with Crippen LogP contribution in [0.4, 0.5) is 5.13 Å². The van der Waals surface area contributed by atoms with Crippen LogP contribution in [0.15, 0.2) is 18.2 Å². The van der Waals surface area contributed by atoms with Crippen LogP contribution in [-0.4, -0.2) is 41.5 Å². The van der Waals surface area contributed by atoms with Crippen molar-refractivity contribution in [2.24, 2.45) is 0 Å². The predicted molar refractivity (Wildman–Crippen MR) is 108 cm³/mol. The number of methoxy groups -OCH3 is 2. The minimum atomic E-state index is 0.293. The fraction of sp³-hybridized carbons (Fsp3) is 0.556. The molecule has 1 aliphatic rings. The van der Waals surface area contributed by atoms with Gasteiger partial charge in [-0.15, -0.1) is 5.10 Å². The number of ether oxygens (including phenoxy) is 2. The summed E-state index contributed by atoms with van der Waals surface area (Å²) in [7, 11) is 3.38. The van der Waals surface area contributed by atoms with Crippen LogP contribution in [0.5, 0.6) is 11.5 Å². The molecule has 1 atom stereocenters. The van der Waals surface area contributed by atoms with Crippen LogP contribution in [0, 0.1) is 3.95 Å². The second-order valence-electron chi connectivity index (χ2n) is 6.69. The molecule has 0 spiro atoms. The SMILES string of the molecule is COc1ccc([C@H]2CCCN2Cn2nc(NC(C)C)sc2=S)c(OC)c1. The Morgan fingerprint density at radius 2 is 2.15 bits per heavy atom. The highest BCUT2D eigenvalue weighted by Gasteiger charge is 2.29. The van der Waals surface area contributed by atoms with Gasteiger partial charge in [-0.1, -0.05) is 17.4 Å². The van der Waals surface area contributed by atoms with E-state index in [1.165, 1.54) is 16.9 Å². The van der Waals surface area contributed by atoms with Crippen molar-refractivity contribution in [3.05, 3.63) is 27.7 Å². The quantitative estimate of drug-likeness (QED) is 0.707. The molecular weight excluding hydrogens is 368 g/mol. The maximum atomic E-state index is 5.61. The molecule has 1 N–H and O–H groups in total. The first-order chi connectivity index (χ1) is 12.5. The van der Waals surface area contributed by atoms with Crippen LogP contribution in [0.25, 0.3) is 0 Å². The molecule has 2 aromatic rings. The normalized spacial score (nSPS) is 17.7. The van der Waals surface area contributed by atoms with Gasteiger partial charge in [-0.2, -0.15) is 0 Å². The van der Waals surface area contributed by atoms with E-state index in [2.05, 4.69) is 35.2 Å². The molecule has 0 saturated carbocycles. The Morgan fingerprint density at radius 3 is 2.85 bits per heavy atom. The van der Waals surface area contributed by atoms with Crippen molar-refractivity contribution >= 4 is 28.7 Å². The molecule has 0 bridgehead atoms. The van der Waals surface area contributed by atoms with Crippen LogP contribution >= 0.6 is 23.6 Å². The fourth-order valence-electron chi connectivity index (χ4n) is 3.31. The third kappa shape index (κ3) is 4.19. The van der Waals surface area contributed by atoms with Crippen molar-refractivity contribution < 1.29 is 9.47 Å². The average molecular weight is 395 g/mol. The highest BCUT2D eigenvalue weighted by atomic mass is 32.1. The van der Waals surface area contributed by atoms with Crippen molar-refractivity contribution in [3.63, 3.8) is 0 Å². The summed E-state index contributed by atoms with van der Waals surface area (Å²) in [6, 6.07) is 6.68. The van der Waals surface area contributed by atoms with E-state index in [1.807, 2.05) is 16.8 Å². The minimum Gasteiger partial charge on any atom is -0.497 e. The first-order valence-electron chi connectivity index (χ1n) is 8.82. The summed E-state index contributed by atoms with van der Waals surface area (Å²) >= 11 is 7.03. The Bertz CT molecular complexity index is 803. The van der Waals surface area contributed by atoms with Gasteiger partial charge >= 0.3 is 0 Å². The van der Waals surface area contributed by atoms with E-state index in [0.717, 1.165) is 40.0 Å². The number of rotatable bonds is 7. The smallest absolute Gasteiger partial charge is 0.204 e. The number of aromatic nitrogens is 2. The second-order valence-corrected chi connectivity index (χ2v) is 8.31. The van der Waals surface area contributed by atoms with Crippen molar-refractivity contribution in [2.45, 2.75) is 45.4 Å². The summed E-state index contributed by atoms with van der Waals surface area (Å²) in [5.41, 5.74) is 1.19. The molecule has 0 radical (unpaired) electrons. The van der Waals surface area contributed by atoms with E-state index in [-0.39, 0.29) is 0 Å². The number of nitrogens with zero attached hydrogens (tertiary/aromatic N) is 3. The highest BCUT2D eigenvalue weighted by molar-refractivity contribution is 7.73. The lowest BCUT2D eigenvalue weighted by Gasteiger charge is -2.26. The van der Waals surface area contributed by atoms with Crippen molar-refractivity contribution in [1.29, 1.82) is 0 Å². The monoisotopic (exact) mass is 394 g/mol. The van der Waals surface area contributed by atoms with E-state index in [0.29, 0.717) is 18.8 Å². The van der Waals surface area contributed by atoms with E-state index in [4.69, 9.17) is 21.7 Å². The zero-order valence-corrected chi connectivity index (χ0v) is 17.3. The molecule has 8 heteroatoms. The third-order valence-corrected chi connectivity index (χ3v) is 5.74. The topological polar surface area (TPSA) is 51.5 Å². The maximum absolute atomic E-state index is 5.61. The van der Waals surface area contributed by atoms with Crippen LogP contribution < -0.4 is 14.8 Å². The molecule has 142 valence electrons. The summed E-state index contributed by atoms with van der Waals surface area (Å²) in [6.45, 7) is 5.91. The lowest BCUT2D eigenvalue weighted by molar-refractivity contribution is 0.188. The van der Waals surface area contributed by atoms with Gasteiger partial charge in [0.05, 0.1) is 20.9 Å². The average Bonchev–Trinajstić information content (AvgIpc) is 3.20. The summed E-state index contributed by atoms with van der Waals surface area (Å²) in [6.07, 6.45) is 2.24. The van der Waals surface area contributed by atoms with E-state index in [1.54, 1.807) is 14.2 Å². The molecule has 3 rings (SSSR count). The highest BCUT2D eigenvalue weighted by Crippen LogP contribution is 2.39. The zero-order valence-electron chi connectivity index (χ0n) is 15.7. The van der Waals surface area contributed by atoms with Gasteiger partial charge in [-0.25, -0.2) is 4.68 Å². The third-order valence-electron chi connectivity index (χ3n) is 4.50. The molecule has 0 aliphatic carbocycles. The molecule has 2 heterocycles. The number of anilines is 1. The van der Waals surface area contributed by atoms with Gasteiger partial charge in [0, 0.05) is 30.3 Å². The minimum absolute atomic E-state index is 0.293. The number of hydrogen-bond donors (Lipinski definition) is 1. The Kier molecular flexibility index (Phi) is 6.16. The van der Waals surface area contributed by atoms with Gasteiger partial charge in [0.2, 0.25) is 5.13 Å². The predicted octanol–water partition coefficient (Wildman–Crippen LogP) is 4.31. The van der Waals surface area contributed by atoms with Gasteiger partial charge < -0.3 is 14.8 Å². The molecule has 1 aromatic carbocycles. The Morgan fingerprint density at radius 1 is 1.35 bits per heavy atom. The second kappa shape index (κ2) is 8.37. The Hall–Kier alpha value is -1.64. The van der Waals surface area contributed by atoms with E-state index >= 15 is 0 Å². The molecule has 1 aliphatic heterocycles. The van der Waals surface area contributed by atoms with Crippen molar-refractivity contribution in [1.82, 2.24) is 14.7 Å². The fourth-order valence-corrected chi connectivity index (χ4v) is 4.45. The Balaban J connectivity index is 1.81. The van der Waals surface area contributed by atoms with Crippen LogP contribution in [0.3, 0.4) is 0 Å².